The van der Waals surface area contributed by atoms with E-state index in [9.17, 15) is 9.59 Å². The minimum absolute atomic E-state index is 0.170. The monoisotopic (exact) mass is 419 g/mol. The Labute approximate surface area is 170 Å². The van der Waals surface area contributed by atoms with E-state index in [-0.39, 0.29) is 29.9 Å². The van der Waals surface area contributed by atoms with Gasteiger partial charge < -0.3 is 19.6 Å². The third kappa shape index (κ3) is 5.14. The van der Waals surface area contributed by atoms with Crippen molar-refractivity contribution in [3.8, 4) is 0 Å². The lowest BCUT2D eigenvalue weighted by Gasteiger charge is -2.08. The second kappa shape index (κ2) is 9.43. The largest absolute Gasteiger partial charge is 0.459 e. The van der Waals surface area contributed by atoms with Gasteiger partial charge in [-0.15, -0.1) is 10.2 Å². The number of hydrogen-bond acceptors (Lipinski definition) is 6. The highest BCUT2D eigenvalue weighted by Gasteiger charge is 2.15. The summed E-state index contributed by atoms with van der Waals surface area (Å²) in [6, 6.07) is 10.2. The van der Waals surface area contributed by atoms with Gasteiger partial charge in [0.2, 0.25) is 5.91 Å². The number of thioether (sulfide) groups is 1. The van der Waals surface area contributed by atoms with Crippen LogP contribution in [-0.2, 0) is 17.9 Å². The first-order valence-corrected chi connectivity index (χ1v) is 9.85. The van der Waals surface area contributed by atoms with Gasteiger partial charge in [0.05, 0.1) is 18.6 Å². The van der Waals surface area contributed by atoms with Crippen LogP contribution in [0.5, 0.6) is 0 Å². The molecule has 0 radical (unpaired) electrons. The van der Waals surface area contributed by atoms with Gasteiger partial charge in [-0.05, 0) is 37.3 Å². The van der Waals surface area contributed by atoms with Gasteiger partial charge in [0.25, 0.3) is 5.91 Å². The molecule has 146 valence electrons. The van der Waals surface area contributed by atoms with Gasteiger partial charge in [-0.2, -0.15) is 0 Å². The van der Waals surface area contributed by atoms with Gasteiger partial charge in [-0.3, -0.25) is 9.59 Å². The van der Waals surface area contributed by atoms with Crippen LogP contribution in [0.1, 0.15) is 23.3 Å². The molecule has 10 heteroatoms. The van der Waals surface area contributed by atoms with Crippen molar-refractivity contribution in [2.75, 3.05) is 11.1 Å². The summed E-state index contributed by atoms with van der Waals surface area (Å²) in [6.45, 7) is 2.75. The lowest BCUT2D eigenvalue weighted by Crippen LogP contribution is -2.24. The summed E-state index contributed by atoms with van der Waals surface area (Å²) in [6.07, 6.45) is 1.44. The van der Waals surface area contributed by atoms with Crippen molar-refractivity contribution in [2.45, 2.75) is 25.2 Å². The normalized spacial score (nSPS) is 10.6. The number of carbonyl (C=O) groups excluding carboxylic acids is 2. The van der Waals surface area contributed by atoms with Crippen LogP contribution >= 0.6 is 23.4 Å². The zero-order valence-corrected chi connectivity index (χ0v) is 16.6. The molecule has 0 saturated heterocycles. The summed E-state index contributed by atoms with van der Waals surface area (Å²) in [5.41, 5.74) is 0.636. The molecule has 2 N–H and O–H groups in total. The van der Waals surface area contributed by atoms with Crippen LogP contribution in [0.4, 0.5) is 5.69 Å². The first kappa shape index (κ1) is 20.0. The molecule has 2 amide bonds. The minimum atomic E-state index is -0.328. The Hall–Kier alpha value is -2.78. The predicted molar refractivity (Wildman–Crippen MR) is 106 cm³/mol. The molecule has 8 nitrogen and oxygen atoms in total. The maximum Gasteiger partial charge on any atom is 0.287 e. The highest BCUT2D eigenvalue weighted by molar-refractivity contribution is 7.99. The van der Waals surface area contributed by atoms with E-state index in [2.05, 4.69) is 20.8 Å². The third-order valence-corrected chi connectivity index (χ3v) is 4.90. The average Bonchev–Trinajstić information content (AvgIpc) is 3.34. The summed E-state index contributed by atoms with van der Waals surface area (Å²) >= 11 is 7.18. The van der Waals surface area contributed by atoms with Gasteiger partial charge in [0.15, 0.2) is 16.7 Å². The number of nitrogens with one attached hydrogen (secondary N) is 2. The molecule has 2 heterocycles. The van der Waals surface area contributed by atoms with Crippen LogP contribution in [-0.4, -0.2) is 32.3 Å². The number of halogens is 1. The van der Waals surface area contributed by atoms with E-state index in [1.165, 1.54) is 18.0 Å². The zero-order chi connectivity index (χ0) is 19.9. The van der Waals surface area contributed by atoms with E-state index in [1.54, 1.807) is 36.4 Å². The number of aromatic nitrogens is 3. The average molecular weight is 420 g/mol. The number of nitrogens with zero attached hydrogens (tertiary/aromatic N) is 3. The molecule has 0 spiro atoms. The van der Waals surface area contributed by atoms with E-state index < -0.39 is 0 Å². The van der Waals surface area contributed by atoms with Crippen LogP contribution in [0, 0.1) is 0 Å². The second-order valence-corrected chi connectivity index (χ2v) is 7.03. The summed E-state index contributed by atoms with van der Waals surface area (Å²) < 4.78 is 6.90. The zero-order valence-electron chi connectivity index (χ0n) is 15.0. The first-order chi connectivity index (χ1) is 13.6. The van der Waals surface area contributed by atoms with E-state index in [1.807, 2.05) is 11.5 Å². The summed E-state index contributed by atoms with van der Waals surface area (Å²) in [4.78, 5) is 24.1. The van der Waals surface area contributed by atoms with Crippen molar-refractivity contribution in [1.29, 1.82) is 0 Å². The maximum absolute atomic E-state index is 12.2. The molecule has 0 bridgehead atoms. The molecule has 0 unspecified atom stereocenters. The lowest BCUT2D eigenvalue weighted by molar-refractivity contribution is -0.113. The molecule has 28 heavy (non-hydrogen) atoms. The molecule has 0 aliphatic carbocycles. The Bertz CT molecular complexity index is 958. The molecule has 3 aromatic rings. The van der Waals surface area contributed by atoms with Gasteiger partial charge in [0.1, 0.15) is 0 Å². The smallest absolute Gasteiger partial charge is 0.287 e. The van der Waals surface area contributed by atoms with Crippen LogP contribution in [0.15, 0.2) is 52.2 Å². The Balaban J connectivity index is 1.55. The fraction of sp³-hybridized carbons (Fsp3) is 0.222. The minimum Gasteiger partial charge on any atom is -0.459 e. The summed E-state index contributed by atoms with van der Waals surface area (Å²) in [5, 5.41) is 14.9. The predicted octanol–water partition coefficient (Wildman–Crippen LogP) is 3.21. The van der Waals surface area contributed by atoms with Gasteiger partial charge in [-0.25, -0.2) is 0 Å². The topological polar surface area (TPSA) is 102 Å². The van der Waals surface area contributed by atoms with Crippen molar-refractivity contribution in [3.05, 3.63) is 59.3 Å². The van der Waals surface area contributed by atoms with E-state index in [0.717, 1.165) is 0 Å². The first-order valence-electron chi connectivity index (χ1n) is 8.48. The van der Waals surface area contributed by atoms with Crippen LogP contribution in [0.3, 0.4) is 0 Å². The van der Waals surface area contributed by atoms with Crippen molar-refractivity contribution in [1.82, 2.24) is 20.1 Å². The summed E-state index contributed by atoms with van der Waals surface area (Å²) in [7, 11) is 0. The lowest BCUT2D eigenvalue weighted by atomic mass is 10.3. The van der Waals surface area contributed by atoms with Gasteiger partial charge in [0, 0.05) is 17.3 Å². The fourth-order valence-corrected chi connectivity index (χ4v) is 3.43. The van der Waals surface area contributed by atoms with Crippen molar-refractivity contribution in [3.63, 3.8) is 0 Å². The van der Waals surface area contributed by atoms with Crippen LogP contribution < -0.4 is 10.6 Å². The Morgan fingerprint density at radius 2 is 2.11 bits per heavy atom. The fourth-order valence-electron chi connectivity index (χ4n) is 2.42. The SMILES string of the molecule is CCn1c(CNC(=O)c2ccco2)nnc1SCC(=O)Nc1cccc(Cl)c1. The van der Waals surface area contributed by atoms with Gasteiger partial charge >= 0.3 is 0 Å². The molecule has 1 aromatic carbocycles. The van der Waals surface area contributed by atoms with E-state index >= 15 is 0 Å². The van der Waals surface area contributed by atoms with Crippen LogP contribution in [0.25, 0.3) is 0 Å². The molecule has 0 aliphatic heterocycles. The van der Waals surface area contributed by atoms with E-state index in [0.29, 0.717) is 28.2 Å². The number of amides is 2. The molecular formula is C18H18ClN5O3S. The number of hydrogen-bond donors (Lipinski definition) is 2. The van der Waals surface area contributed by atoms with Crippen LogP contribution in [0.2, 0.25) is 5.02 Å². The highest BCUT2D eigenvalue weighted by Crippen LogP contribution is 2.19. The van der Waals surface area contributed by atoms with Crippen molar-refractivity contribution >= 4 is 40.9 Å². The second-order valence-electron chi connectivity index (χ2n) is 5.65. The molecule has 0 fully saturated rings. The summed E-state index contributed by atoms with van der Waals surface area (Å²) in [5.74, 6) is 0.495. The molecule has 2 aromatic heterocycles. The van der Waals surface area contributed by atoms with Crippen molar-refractivity contribution < 1.29 is 14.0 Å². The Kier molecular flexibility index (Phi) is 6.72. The Morgan fingerprint density at radius 3 is 2.82 bits per heavy atom. The standard InChI is InChI=1S/C18H18ClN5O3S/c1-2-24-15(10-20-17(26)14-7-4-8-27-14)22-23-18(24)28-11-16(25)21-13-6-3-5-12(19)9-13/h3-9H,2,10-11H2,1H3,(H,20,26)(H,21,25). The van der Waals surface area contributed by atoms with Crippen molar-refractivity contribution in [2.24, 2.45) is 0 Å². The molecule has 3 rings (SSSR count). The molecule has 0 aliphatic rings. The number of carbonyl (C=O) groups is 2. The number of rotatable bonds is 8. The molecule has 0 atom stereocenters. The molecular weight excluding hydrogens is 402 g/mol. The Morgan fingerprint density at radius 1 is 1.25 bits per heavy atom. The van der Waals surface area contributed by atoms with Gasteiger partial charge in [-0.1, -0.05) is 29.4 Å². The number of furan rings is 1. The number of anilines is 1. The highest BCUT2D eigenvalue weighted by atomic mass is 35.5. The maximum atomic E-state index is 12.2. The van der Waals surface area contributed by atoms with E-state index in [4.69, 9.17) is 16.0 Å². The quantitative estimate of drug-likeness (QED) is 0.543. The molecule has 0 saturated carbocycles. The third-order valence-electron chi connectivity index (χ3n) is 3.70. The number of benzene rings is 1.